The maximum atomic E-state index is 12.4. The minimum absolute atomic E-state index is 0.0279. The number of amides is 2. The summed E-state index contributed by atoms with van der Waals surface area (Å²) in [6, 6.07) is 0.443. The highest BCUT2D eigenvalue weighted by Crippen LogP contribution is 2.26. The van der Waals surface area contributed by atoms with E-state index < -0.39 is 5.97 Å². The van der Waals surface area contributed by atoms with Crippen LogP contribution < -0.4 is 0 Å². The van der Waals surface area contributed by atoms with Crippen molar-refractivity contribution >= 4 is 12.0 Å². The molecule has 2 fully saturated rings. The molecule has 0 spiro atoms. The number of likely N-dealkylation sites (tertiary alicyclic amines) is 2. The van der Waals surface area contributed by atoms with Gasteiger partial charge in [0.25, 0.3) is 0 Å². The second-order valence-electron chi connectivity index (χ2n) is 5.57. The van der Waals surface area contributed by atoms with Crippen molar-refractivity contribution in [3.05, 3.63) is 0 Å². The number of hydrogen-bond donors (Lipinski definition) is 1. The van der Waals surface area contributed by atoms with E-state index in [-0.39, 0.29) is 18.0 Å². The van der Waals surface area contributed by atoms with E-state index in [4.69, 9.17) is 5.11 Å². The molecule has 5 heteroatoms. The van der Waals surface area contributed by atoms with Gasteiger partial charge in [-0.3, -0.25) is 4.79 Å². The van der Waals surface area contributed by atoms with Crippen molar-refractivity contribution in [1.82, 2.24) is 9.80 Å². The van der Waals surface area contributed by atoms with Crippen molar-refractivity contribution in [1.29, 1.82) is 0 Å². The number of hydrogen-bond acceptors (Lipinski definition) is 2. The third-order valence-electron chi connectivity index (χ3n) is 4.27. The van der Waals surface area contributed by atoms with Gasteiger partial charge in [0.1, 0.15) is 0 Å². The summed E-state index contributed by atoms with van der Waals surface area (Å²) in [5.74, 6) is -1.02. The van der Waals surface area contributed by atoms with Crippen molar-refractivity contribution in [2.24, 2.45) is 5.92 Å². The highest BCUT2D eigenvalue weighted by Gasteiger charge is 2.36. The van der Waals surface area contributed by atoms with E-state index in [0.29, 0.717) is 25.4 Å². The largest absolute Gasteiger partial charge is 0.481 e. The Morgan fingerprint density at radius 2 is 1.72 bits per heavy atom. The zero-order chi connectivity index (χ0) is 13.3. The van der Waals surface area contributed by atoms with Gasteiger partial charge in [-0.25, -0.2) is 4.79 Å². The minimum Gasteiger partial charge on any atom is -0.481 e. The topological polar surface area (TPSA) is 60.9 Å². The number of piperidine rings is 1. The Morgan fingerprint density at radius 3 is 2.22 bits per heavy atom. The molecule has 2 heterocycles. The quantitative estimate of drug-likeness (QED) is 0.776. The highest BCUT2D eigenvalue weighted by atomic mass is 16.4. The number of carbonyl (C=O) groups excluding carboxylic acids is 1. The lowest BCUT2D eigenvalue weighted by Gasteiger charge is -2.39. The van der Waals surface area contributed by atoms with E-state index in [1.165, 1.54) is 0 Å². The first kappa shape index (κ1) is 13.2. The summed E-state index contributed by atoms with van der Waals surface area (Å²) >= 11 is 0. The molecule has 0 bridgehead atoms. The number of aliphatic carboxylic acids is 1. The monoisotopic (exact) mass is 254 g/mol. The van der Waals surface area contributed by atoms with Crippen LogP contribution in [0.25, 0.3) is 0 Å². The Morgan fingerprint density at radius 1 is 1.06 bits per heavy atom. The summed E-state index contributed by atoms with van der Waals surface area (Å²) in [4.78, 5) is 27.1. The van der Waals surface area contributed by atoms with Gasteiger partial charge in [0, 0.05) is 25.2 Å². The van der Waals surface area contributed by atoms with Gasteiger partial charge in [0.2, 0.25) is 0 Å². The normalized spacial score (nSPS) is 32.7. The number of urea groups is 1. The molecule has 0 aromatic carbocycles. The van der Waals surface area contributed by atoms with Gasteiger partial charge in [0.15, 0.2) is 0 Å². The zero-order valence-corrected chi connectivity index (χ0v) is 11.1. The fourth-order valence-electron chi connectivity index (χ4n) is 3.06. The number of rotatable bonds is 1. The molecule has 3 unspecified atom stereocenters. The third-order valence-corrected chi connectivity index (χ3v) is 4.27. The van der Waals surface area contributed by atoms with E-state index in [0.717, 1.165) is 19.4 Å². The van der Waals surface area contributed by atoms with Gasteiger partial charge in [-0.2, -0.15) is 0 Å². The number of carbonyl (C=O) groups is 2. The number of nitrogens with zero attached hydrogens (tertiary/aromatic N) is 2. The second kappa shape index (κ2) is 5.16. The Kier molecular flexibility index (Phi) is 3.78. The number of carboxylic acids is 1. The Labute approximate surface area is 108 Å². The van der Waals surface area contributed by atoms with E-state index in [9.17, 15) is 9.59 Å². The van der Waals surface area contributed by atoms with E-state index in [2.05, 4.69) is 6.92 Å². The van der Waals surface area contributed by atoms with Gasteiger partial charge >= 0.3 is 12.0 Å². The predicted octanol–water partition coefficient (Wildman–Crippen LogP) is 1.78. The molecule has 0 aliphatic carbocycles. The van der Waals surface area contributed by atoms with Gasteiger partial charge < -0.3 is 14.9 Å². The molecular formula is C13H22N2O3. The third kappa shape index (κ3) is 2.44. The Hall–Kier alpha value is -1.26. The van der Waals surface area contributed by atoms with Crippen LogP contribution >= 0.6 is 0 Å². The van der Waals surface area contributed by atoms with Crippen LogP contribution in [0.5, 0.6) is 0 Å². The van der Waals surface area contributed by atoms with E-state index in [1.54, 1.807) is 0 Å². The molecular weight excluding hydrogens is 232 g/mol. The Balaban J connectivity index is 1.98. The smallest absolute Gasteiger partial charge is 0.320 e. The molecule has 2 amide bonds. The van der Waals surface area contributed by atoms with Gasteiger partial charge in [-0.1, -0.05) is 0 Å². The molecule has 2 rings (SSSR count). The molecule has 102 valence electrons. The average Bonchev–Trinajstić information content (AvgIpc) is 2.74. The van der Waals surface area contributed by atoms with Crippen LogP contribution in [0.1, 0.15) is 39.5 Å². The molecule has 2 aliphatic rings. The summed E-state index contributed by atoms with van der Waals surface area (Å²) < 4.78 is 0. The lowest BCUT2D eigenvalue weighted by atomic mass is 9.92. The van der Waals surface area contributed by atoms with Crippen molar-refractivity contribution in [3.8, 4) is 0 Å². The molecule has 0 radical (unpaired) electrons. The molecule has 2 aliphatic heterocycles. The minimum atomic E-state index is -0.733. The highest BCUT2D eigenvalue weighted by molar-refractivity contribution is 5.76. The van der Waals surface area contributed by atoms with Crippen molar-refractivity contribution in [2.45, 2.75) is 51.6 Å². The second-order valence-corrected chi connectivity index (χ2v) is 5.57. The van der Waals surface area contributed by atoms with Crippen LogP contribution in [-0.2, 0) is 4.79 Å². The van der Waals surface area contributed by atoms with Crippen molar-refractivity contribution in [3.63, 3.8) is 0 Å². The van der Waals surface area contributed by atoms with Crippen LogP contribution in [0.15, 0.2) is 0 Å². The first-order valence-corrected chi connectivity index (χ1v) is 6.80. The average molecular weight is 254 g/mol. The van der Waals surface area contributed by atoms with Crippen LogP contribution in [-0.4, -0.2) is 52.1 Å². The maximum absolute atomic E-state index is 12.4. The molecule has 2 saturated heterocycles. The molecule has 1 N–H and O–H groups in total. The first-order valence-electron chi connectivity index (χ1n) is 6.80. The SMILES string of the molecule is CC1CCCN1C(=O)N1CCC(C(=O)O)CC1C. The molecule has 0 aromatic heterocycles. The van der Waals surface area contributed by atoms with Gasteiger partial charge in [-0.15, -0.1) is 0 Å². The molecule has 18 heavy (non-hydrogen) atoms. The molecule has 0 aromatic rings. The fraction of sp³-hybridized carbons (Fsp3) is 0.846. The standard InChI is InChI=1S/C13H22N2O3/c1-9-4-3-6-14(9)13(18)15-7-5-11(12(16)17)8-10(15)2/h9-11H,3-8H2,1-2H3,(H,16,17). The number of carboxylic acid groups (broad SMARTS) is 1. The molecule has 5 nitrogen and oxygen atoms in total. The summed E-state index contributed by atoms with van der Waals surface area (Å²) in [5, 5.41) is 9.02. The zero-order valence-electron chi connectivity index (χ0n) is 11.1. The summed E-state index contributed by atoms with van der Waals surface area (Å²) in [6.45, 7) is 5.44. The van der Waals surface area contributed by atoms with Crippen LogP contribution in [0.3, 0.4) is 0 Å². The van der Waals surface area contributed by atoms with Crippen LogP contribution in [0.4, 0.5) is 4.79 Å². The van der Waals surface area contributed by atoms with Crippen LogP contribution in [0, 0.1) is 5.92 Å². The predicted molar refractivity (Wildman–Crippen MR) is 67.3 cm³/mol. The molecule has 0 saturated carbocycles. The fourth-order valence-corrected chi connectivity index (χ4v) is 3.06. The van der Waals surface area contributed by atoms with Gasteiger partial charge in [-0.05, 0) is 39.5 Å². The maximum Gasteiger partial charge on any atom is 0.320 e. The summed E-state index contributed by atoms with van der Waals surface area (Å²) in [6.07, 6.45) is 3.30. The molecule has 3 atom stereocenters. The lowest BCUT2D eigenvalue weighted by Crippen LogP contribution is -2.52. The first-order chi connectivity index (χ1) is 8.50. The van der Waals surface area contributed by atoms with Crippen molar-refractivity contribution < 1.29 is 14.7 Å². The van der Waals surface area contributed by atoms with E-state index in [1.807, 2.05) is 16.7 Å². The van der Waals surface area contributed by atoms with Crippen LogP contribution in [0.2, 0.25) is 0 Å². The lowest BCUT2D eigenvalue weighted by molar-refractivity contribution is -0.143. The van der Waals surface area contributed by atoms with Crippen molar-refractivity contribution in [2.75, 3.05) is 13.1 Å². The Bertz CT molecular complexity index is 345. The summed E-state index contributed by atoms with van der Waals surface area (Å²) in [7, 11) is 0. The summed E-state index contributed by atoms with van der Waals surface area (Å²) in [5.41, 5.74) is 0. The van der Waals surface area contributed by atoms with E-state index >= 15 is 0 Å². The van der Waals surface area contributed by atoms with Gasteiger partial charge in [0.05, 0.1) is 5.92 Å².